The Bertz CT molecular complexity index is 690. The van der Waals surface area contributed by atoms with Crippen molar-refractivity contribution in [1.29, 1.82) is 0 Å². The van der Waals surface area contributed by atoms with E-state index in [1.54, 1.807) is 6.08 Å². The average molecular weight is 428 g/mol. The van der Waals surface area contributed by atoms with Crippen LogP contribution in [0.15, 0.2) is 21.5 Å². The van der Waals surface area contributed by atoms with Crippen molar-refractivity contribution < 1.29 is 19.1 Å². The van der Waals surface area contributed by atoms with Gasteiger partial charge in [-0.15, -0.1) is 0 Å². The van der Waals surface area contributed by atoms with Gasteiger partial charge in [-0.3, -0.25) is 14.5 Å². The maximum absolute atomic E-state index is 12.4. The number of nitrogens with zero attached hydrogens (tertiary/aromatic N) is 1. The Labute approximate surface area is 160 Å². The summed E-state index contributed by atoms with van der Waals surface area (Å²) in [6.07, 6.45) is 3.36. The normalized spacial score (nSPS) is 16.0. The van der Waals surface area contributed by atoms with E-state index in [9.17, 15) is 9.59 Å². The third-order valence-electron chi connectivity index (χ3n) is 3.40. The minimum atomic E-state index is -0.239. The number of carbonyl (C=O) groups is 2. The summed E-state index contributed by atoms with van der Waals surface area (Å²) in [7, 11) is 0. The fourth-order valence-electron chi connectivity index (χ4n) is 2.35. The van der Waals surface area contributed by atoms with Crippen LogP contribution in [0.25, 0.3) is 6.08 Å². The number of ether oxygens (including phenoxy) is 2. The molecule has 1 aromatic carbocycles. The van der Waals surface area contributed by atoms with E-state index in [4.69, 9.17) is 9.47 Å². The molecule has 25 heavy (non-hydrogen) atoms. The number of rotatable bonds is 8. The Morgan fingerprint density at radius 2 is 1.92 bits per heavy atom. The number of carbonyl (C=O) groups excluding carboxylic acids is 2. The molecule has 0 unspecified atom stereocenters. The Morgan fingerprint density at radius 1 is 1.16 bits per heavy atom. The van der Waals surface area contributed by atoms with E-state index >= 15 is 0 Å². The summed E-state index contributed by atoms with van der Waals surface area (Å²) in [5, 5.41) is -0.218. The minimum absolute atomic E-state index is 0.218. The molecule has 0 N–H and O–H groups in total. The van der Waals surface area contributed by atoms with Gasteiger partial charge in [0.05, 0.1) is 22.6 Å². The van der Waals surface area contributed by atoms with Crippen molar-refractivity contribution in [3.8, 4) is 11.5 Å². The number of hydrogen-bond acceptors (Lipinski definition) is 5. The molecule has 0 aliphatic carbocycles. The van der Waals surface area contributed by atoms with E-state index in [1.165, 1.54) is 4.90 Å². The Morgan fingerprint density at radius 3 is 2.56 bits per heavy atom. The van der Waals surface area contributed by atoms with Crippen molar-refractivity contribution in [2.45, 2.75) is 33.6 Å². The molecule has 0 saturated carbocycles. The highest BCUT2D eigenvalue weighted by molar-refractivity contribution is 9.10. The van der Waals surface area contributed by atoms with Gasteiger partial charge in [-0.2, -0.15) is 0 Å². The van der Waals surface area contributed by atoms with Crippen LogP contribution < -0.4 is 9.47 Å². The zero-order valence-electron chi connectivity index (χ0n) is 14.6. The molecule has 0 bridgehead atoms. The lowest BCUT2D eigenvalue weighted by Gasteiger charge is -2.14. The number of imide groups is 1. The lowest BCUT2D eigenvalue weighted by molar-refractivity contribution is -0.122. The summed E-state index contributed by atoms with van der Waals surface area (Å²) in [5.74, 6) is 1.03. The van der Waals surface area contributed by atoms with Crippen LogP contribution in [-0.4, -0.2) is 35.8 Å². The SMILES string of the molecule is CCCOc1c(Br)cc(/C=C2\SC(=O)N(CCC)C2=O)cc1OCC. The molecule has 5 nitrogen and oxygen atoms in total. The van der Waals surface area contributed by atoms with Crippen LogP contribution in [0.4, 0.5) is 4.79 Å². The summed E-state index contributed by atoms with van der Waals surface area (Å²) in [6, 6.07) is 3.69. The lowest BCUT2D eigenvalue weighted by atomic mass is 10.2. The number of benzene rings is 1. The molecule has 0 atom stereocenters. The van der Waals surface area contributed by atoms with Gasteiger partial charge < -0.3 is 9.47 Å². The number of amides is 2. The Balaban J connectivity index is 2.33. The van der Waals surface area contributed by atoms with Crippen molar-refractivity contribution in [3.63, 3.8) is 0 Å². The predicted octanol–water partition coefficient (Wildman–Crippen LogP) is 5.08. The summed E-state index contributed by atoms with van der Waals surface area (Å²) in [5.41, 5.74) is 0.779. The van der Waals surface area contributed by atoms with Gasteiger partial charge in [-0.05, 0) is 71.2 Å². The highest BCUT2D eigenvalue weighted by Crippen LogP contribution is 2.39. The number of hydrogen-bond donors (Lipinski definition) is 0. The van der Waals surface area contributed by atoms with Gasteiger partial charge in [0.25, 0.3) is 11.1 Å². The summed E-state index contributed by atoms with van der Waals surface area (Å²) in [4.78, 5) is 26.0. The van der Waals surface area contributed by atoms with Gasteiger partial charge in [0.15, 0.2) is 11.5 Å². The molecule has 2 amide bonds. The molecule has 1 aliphatic rings. The minimum Gasteiger partial charge on any atom is -0.490 e. The lowest BCUT2D eigenvalue weighted by Crippen LogP contribution is -2.28. The fraction of sp³-hybridized carbons (Fsp3) is 0.444. The molecule has 0 spiro atoms. The summed E-state index contributed by atoms with van der Waals surface area (Å²) in [6.45, 7) is 7.42. The Kier molecular flexibility index (Phi) is 7.38. The second-order valence-electron chi connectivity index (χ2n) is 5.44. The number of halogens is 1. The first kappa shape index (κ1) is 19.8. The first-order chi connectivity index (χ1) is 12.0. The highest BCUT2D eigenvalue weighted by Gasteiger charge is 2.34. The van der Waals surface area contributed by atoms with Crippen LogP contribution in [-0.2, 0) is 4.79 Å². The van der Waals surface area contributed by atoms with Crippen LogP contribution >= 0.6 is 27.7 Å². The summed E-state index contributed by atoms with van der Waals surface area (Å²) >= 11 is 4.48. The van der Waals surface area contributed by atoms with Gasteiger partial charge in [-0.1, -0.05) is 13.8 Å². The standard InChI is InChI=1S/C18H22BrNO4S/c1-4-7-20-17(21)15(25-18(20)22)11-12-9-13(19)16(24-8-5-2)14(10-12)23-6-3/h9-11H,4-8H2,1-3H3/b15-11-. The third kappa shape index (κ3) is 4.79. The fourth-order valence-corrected chi connectivity index (χ4v) is 3.79. The van der Waals surface area contributed by atoms with E-state index in [2.05, 4.69) is 15.9 Å². The second kappa shape index (κ2) is 9.29. The van der Waals surface area contributed by atoms with Crippen LogP contribution in [0.3, 0.4) is 0 Å². The smallest absolute Gasteiger partial charge is 0.293 e. The van der Waals surface area contributed by atoms with E-state index in [0.29, 0.717) is 36.2 Å². The summed E-state index contributed by atoms with van der Waals surface area (Å²) < 4.78 is 12.2. The highest BCUT2D eigenvalue weighted by atomic mass is 79.9. The van der Waals surface area contributed by atoms with Gasteiger partial charge >= 0.3 is 0 Å². The molecule has 1 heterocycles. The zero-order chi connectivity index (χ0) is 18.4. The molecule has 0 radical (unpaired) electrons. The van der Waals surface area contributed by atoms with Crippen molar-refractivity contribution in [2.75, 3.05) is 19.8 Å². The molecule has 2 rings (SSSR count). The molecule has 7 heteroatoms. The van der Waals surface area contributed by atoms with Crippen molar-refractivity contribution >= 4 is 44.9 Å². The molecule has 0 aromatic heterocycles. The van der Waals surface area contributed by atoms with Crippen molar-refractivity contribution in [2.24, 2.45) is 0 Å². The second-order valence-corrected chi connectivity index (χ2v) is 7.29. The maximum atomic E-state index is 12.4. The van der Waals surface area contributed by atoms with Gasteiger partial charge in [-0.25, -0.2) is 0 Å². The molecular weight excluding hydrogens is 406 g/mol. The monoisotopic (exact) mass is 427 g/mol. The van der Waals surface area contributed by atoms with Gasteiger partial charge in [0, 0.05) is 6.54 Å². The number of thioether (sulfide) groups is 1. The molecular formula is C18H22BrNO4S. The zero-order valence-corrected chi connectivity index (χ0v) is 17.0. The first-order valence-electron chi connectivity index (χ1n) is 8.36. The van der Waals surface area contributed by atoms with E-state index in [0.717, 1.165) is 34.6 Å². The largest absolute Gasteiger partial charge is 0.490 e. The van der Waals surface area contributed by atoms with Gasteiger partial charge in [0.2, 0.25) is 0 Å². The van der Waals surface area contributed by atoms with Crippen LogP contribution in [0.2, 0.25) is 0 Å². The van der Waals surface area contributed by atoms with Crippen molar-refractivity contribution in [1.82, 2.24) is 4.90 Å². The first-order valence-corrected chi connectivity index (χ1v) is 9.97. The Hall–Kier alpha value is -1.47. The van der Waals surface area contributed by atoms with Crippen LogP contribution in [0.5, 0.6) is 11.5 Å². The molecule has 1 aromatic rings. The van der Waals surface area contributed by atoms with Crippen molar-refractivity contribution in [3.05, 3.63) is 27.1 Å². The predicted molar refractivity (Wildman–Crippen MR) is 104 cm³/mol. The van der Waals surface area contributed by atoms with E-state index in [-0.39, 0.29) is 11.1 Å². The molecule has 136 valence electrons. The van der Waals surface area contributed by atoms with Gasteiger partial charge in [0.1, 0.15) is 0 Å². The van der Waals surface area contributed by atoms with E-state index in [1.807, 2.05) is 32.9 Å². The third-order valence-corrected chi connectivity index (χ3v) is 4.90. The molecule has 1 aliphatic heterocycles. The molecule has 1 fully saturated rings. The molecule has 1 saturated heterocycles. The average Bonchev–Trinajstić information content (AvgIpc) is 2.82. The topological polar surface area (TPSA) is 55.8 Å². The van der Waals surface area contributed by atoms with E-state index < -0.39 is 0 Å². The maximum Gasteiger partial charge on any atom is 0.293 e. The van der Waals surface area contributed by atoms with Crippen LogP contribution in [0, 0.1) is 0 Å². The van der Waals surface area contributed by atoms with Crippen LogP contribution in [0.1, 0.15) is 39.2 Å². The quantitative estimate of drug-likeness (QED) is 0.541.